The van der Waals surface area contributed by atoms with E-state index < -0.39 is 12.0 Å². The SMILES string of the molecule is COc1ccc(C(CC(=O)O)NC(=O)Cc2ccccc2OC)c(OC)c1. The molecule has 2 aromatic carbocycles. The third-order valence-electron chi connectivity index (χ3n) is 4.07. The lowest BCUT2D eigenvalue weighted by Crippen LogP contribution is -2.31. The number of para-hydroxylation sites is 1. The van der Waals surface area contributed by atoms with Crippen molar-refractivity contribution in [3.8, 4) is 17.2 Å². The van der Waals surface area contributed by atoms with E-state index in [4.69, 9.17) is 14.2 Å². The van der Waals surface area contributed by atoms with Gasteiger partial charge < -0.3 is 24.6 Å². The number of nitrogens with one attached hydrogen (secondary N) is 1. The summed E-state index contributed by atoms with van der Waals surface area (Å²) in [5, 5.41) is 12.0. The van der Waals surface area contributed by atoms with Crippen molar-refractivity contribution in [2.24, 2.45) is 0 Å². The van der Waals surface area contributed by atoms with E-state index in [1.165, 1.54) is 21.3 Å². The number of rotatable bonds is 9. The zero-order chi connectivity index (χ0) is 19.8. The van der Waals surface area contributed by atoms with Gasteiger partial charge in [0.15, 0.2) is 0 Å². The van der Waals surface area contributed by atoms with Gasteiger partial charge in [-0.05, 0) is 18.2 Å². The summed E-state index contributed by atoms with van der Waals surface area (Å²) in [6.45, 7) is 0. The zero-order valence-electron chi connectivity index (χ0n) is 15.5. The topological polar surface area (TPSA) is 94.1 Å². The van der Waals surface area contributed by atoms with E-state index in [2.05, 4.69) is 5.32 Å². The Morgan fingerprint density at radius 1 is 1.00 bits per heavy atom. The zero-order valence-corrected chi connectivity index (χ0v) is 15.5. The molecule has 0 radical (unpaired) electrons. The number of methoxy groups -OCH3 is 3. The number of hydrogen-bond donors (Lipinski definition) is 2. The molecule has 1 unspecified atom stereocenters. The van der Waals surface area contributed by atoms with Crippen LogP contribution in [0, 0.1) is 0 Å². The molecule has 27 heavy (non-hydrogen) atoms. The average molecular weight is 373 g/mol. The number of aliphatic carboxylic acids is 1. The monoisotopic (exact) mass is 373 g/mol. The maximum atomic E-state index is 12.5. The molecule has 7 heteroatoms. The summed E-state index contributed by atoms with van der Waals surface area (Å²) in [5.74, 6) is 0.270. The number of amides is 1. The molecule has 0 fully saturated rings. The highest BCUT2D eigenvalue weighted by Crippen LogP contribution is 2.31. The number of hydrogen-bond acceptors (Lipinski definition) is 5. The Labute approximate surface area is 157 Å². The van der Waals surface area contributed by atoms with E-state index in [1.807, 2.05) is 12.1 Å². The van der Waals surface area contributed by atoms with Crippen LogP contribution in [0.15, 0.2) is 42.5 Å². The molecule has 1 atom stereocenters. The Morgan fingerprint density at radius 2 is 1.70 bits per heavy atom. The Morgan fingerprint density at radius 3 is 2.33 bits per heavy atom. The minimum atomic E-state index is -1.03. The van der Waals surface area contributed by atoms with Gasteiger partial charge in [-0.15, -0.1) is 0 Å². The van der Waals surface area contributed by atoms with E-state index >= 15 is 0 Å². The van der Waals surface area contributed by atoms with E-state index in [1.54, 1.807) is 30.3 Å². The molecule has 0 aliphatic heterocycles. The van der Waals surface area contributed by atoms with Crippen molar-refractivity contribution in [2.45, 2.75) is 18.9 Å². The van der Waals surface area contributed by atoms with Gasteiger partial charge in [-0.3, -0.25) is 9.59 Å². The van der Waals surface area contributed by atoms with Crippen molar-refractivity contribution in [2.75, 3.05) is 21.3 Å². The van der Waals surface area contributed by atoms with Crippen LogP contribution in [0.3, 0.4) is 0 Å². The predicted octanol–water partition coefficient (Wildman–Crippen LogP) is 2.59. The van der Waals surface area contributed by atoms with E-state index in [0.717, 1.165) is 0 Å². The van der Waals surface area contributed by atoms with Crippen LogP contribution in [-0.2, 0) is 16.0 Å². The normalized spacial score (nSPS) is 11.4. The predicted molar refractivity (Wildman–Crippen MR) is 99.4 cm³/mol. The fourth-order valence-electron chi connectivity index (χ4n) is 2.79. The highest BCUT2D eigenvalue weighted by molar-refractivity contribution is 5.81. The number of carboxylic acids is 1. The fourth-order valence-corrected chi connectivity index (χ4v) is 2.79. The molecule has 0 saturated carbocycles. The second kappa shape index (κ2) is 9.47. The molecule has 0 bridgehead atoms. The van der Waals surface area contributed by atoms with Crippen molar-refractivity contribution in [3.63, 3.8) is 0 Å². The second-order valence-electron chi connectivity index (χ2n) is 5.81. The summed E-state index contributed by atoms with van der Waals surface area (Å²) in [7, 11) is 4.54. The fraction of sp³-hybridized carbons (Fsp3) is 0.300. The molecule has 1 amide bonds. The standard InChI is InChI=1S/C20H23NO6/c1-25-14-8-9-15(18(11-14)27-3)16(12-20(23)24)21-19(22)10-13-6-4-5-7-17(13)26-2/h4-9,11,16H,10,12H2,1-3H3,(H,21,22)(H,23,24). The van der Waals surface area contributed by atoms with Crippen LogP contribution >= 0.6 is 0 Å². The third kappa shape index (κ3) is 5.37. The summed E-state index contributed by atoms with van der Waals surface area (Å²) < 4.78 is 15.8. The van der Waals surface area contributed by atoms with Gasteiger partial charge in [0, 0.05) is 17.2 Å². The van der Waals surface area contributed by atoms with Crippen molar-refractivity contribution in [1.82, 2.24) is 5.32 Å². The molecule has 0 saturated heterocycles. The van der Waals surface area contributed by atoms with Crippen molar-refractivity contribution < 1.29 is 28.9 Å². The lowest BCUT2D eigenvalue weighted by molar-refractivity contribution is -0.137. The quantitative estimate of drug-likeness (QED) is 0.702. The summed E-state index contributed by atoms with van der Waals surface area (Å²) in [4.78, 5) is 23.9. The molecule has 7 nitrogen and oxygen atoms in total. The van der Waals surface area contributed by atoms with Gasteiger partial charge in [-0.25, -0.2) is 0 Å². The van der Waals surface area contributed by atoms with Crippen LogP contribution in [0.1, 0.15) is 23.6 Å². The maximum absolute atomic E-state index is 12.5. The Balaban J connectivity index is 2.24. The van der Waals surface area contributed by atoms with Crippen LogP contribution in [0.4, 0.5) is 0 Å². The lowest BCUT2D eigenvalue weighted by Gasteiger charge is -2.21. The van der Waals surface area contributed by atoms with Crippen LogP contribution < -0.4 is 19.5 Å². The van der Waals surface area contributed by atoms with Crippen molar-refractivity contribution in [1.29, 1.82) is 0 Å². The molecule has 0 aromatic heterocycles. The molecule has 0 aliphatic carbocycles. The second-order valence-corrected chi connectivity index (χ2v) is 5.81. The number of ether oxygens (including phenoxy) is 3. The summed E-state index contributed by atoms with van der Waals surface area (Å²) in [6, 6.07) is 11.5. The van der Waals surface area contributed by atoms with Gasteiger partial charge >= 0.3 is 5.97 Å². The van der Waals surface area contributed by atoms with Crippen molar-refractivity contribution in [3.05, 3.63) is 53.6 Å². The van der Waals surface area contributed by atoms with E-state index in [9.17, 15) is 14.7 Å². The van der Waals surface area contributed by atoms with E-state index in [0.29, 0.717) is 28.4 Å². The summed E-state index contributed by atoms with van der Waals surface area (Å²) >= 11 is 0. The van der Waals surface area contributed by atoms with Gasteiger partial charge in [-0.2, -0.15) is 0 Å². The molecule has 0 spiro atoms. The number of carbonyl (C=O) groups is 2. The third-order valence-corrected chi connectivity index (χ3v) is 4.07. The number of benzene rings is 2. The molecular weight excluding hydrogens is 350 g/mol. The molecule has 0 aliphatic rings. The Kier molecular flexibility index (Phi) is 7.05. The van der Waals surface area contributed by atoms with Gasteiger partial charge in [0.2, 0.25) is 5.91 Å². The number of carbonyl (C=O) groups excluding carboxylic acids is 1. The maximum Gasteiger partial charge on any atom is 0.305 e. The first-order valence-electron chi connectivity index (χ1n) is 8.33. The molecule has 0 heterocycles. The average Bonchev–Trinajstić information content (AvgIpc) is 2.66. The van der Waals surface area contributed by atoms with Crippen molar-refractivity contribution >= 4 is 11.9 Å². The van der Waals surface area contributed by atoms with Crippen LogP contribution in [-0.4, -0.2) is 38.3 Å². The highest BCUT2D eigenvalue weighted by Gasteiger charge is 2.22. The minimum absolute atomic E-state index is 0.0681. The first-order chi connectivity index (χ1) is 13.0. The van der Waals surface area contributed by atoms with Crippen LogP contribution in [0.2, 0.25) is 0 Å². The smallest absolute Gasteiger partial charge is 0.305 e. The van der Waals surface area contributed by atoms with Gasteiger partial charge in [0.25, 0.3) is 0 Å². The van der Waals surface area contributed by atoms with Crippen LogP contribution in [0.25, 0.3) is 0 Å². The molecule has 144 valence electrons. The molecule has 2 rings (SSSR count). The summed E-state index contributed by atoms with van der Waals surface area (Å²) in [5.41, 5.74) is 1.28. The first-order valence-corrected chi connectivity index (χ1v) is 8.33. The highest BCUT2D eigenvalue weighted by atomic mass is 16.5. The van der Waals surface area contributed by atoms with E-state index in [-0.39, 0.29) is 18.7 Å². The minimum Gasteiger partial charge on any atom is -0.497 e. The molecule has 2 N–H and O–H groups in total. The summed E-state index contributed by atoms with van der Waals surface area (Å²) in [6.07, 6.45) is -0.209. The molecular formula is C20H23NO6. The lowest BCUT2D eigenvalue weighted by atomic mass is 10.0. The van der Waals surface area contributed by atoms with Gasteiger partial charge in [-0.1, -0.05) is 18.2 Å². The molecule has 2 aromatic rings. The first kappa shape index (κ1) is 20.1. The Bertz CT molecular complexity index is 805. The Hall–Kier alpha value is -3.22. The van der Waals surface area contributed by atoms with Gasteiger partial charge in [0.1, 0.15) is 17.2 Å². The number of carboxylic acid groups (broad SMARTS) is 1. The largest absolute Gasteiger partial charge is 0.497 e. The van der Waals surface area contributed by atoms with Crippen LogP contribution in [0.5, 0.6) is 17.2 Å². The van der Waals surface area contributed by atoms with Gasteiger partial charge in [0.05, 0.1) is 40.2 Å².